The van der Waals surface area contributed by atoms with Crippen molar-refractivity contribution in [2.45, 2.75) is 200 Å². The first kappa shape index (κ1) is 50.6. The lowest BCUT2D eigenvalue weighted by Crippen LogP contribution is -2.33. The summed E-state index contributed by atoms with van der Waals surface area (Å²) in [5.74, 6) is 0.926. The van der Waals surface area contributed by atoms with E-state index in [9.17, 15) is 24.0 Å². The zero-order chi connectivity index (χ0) is 43.4. The molecule has 4 N–H and O–H groups in total. The van der Waals surface area contributed by atoms with E-state index < -0.39 is 17.2 Å². The molecule has 6 aliphatic rings. The van der Waals surface area contributed by atoms with Crippen LogP contribution in [-0.4, -0.2) is 101 Å². The van der Waals surface area contributed by atoms with Crippen LogP contribution in [0.3, 0.4) is 0 Å². The van der Waals surface area contributed by atoms with Gasteiger partial charge in [0.05, 0.1) is 5.92 Å². The Kier molecular flexibility index (Phi) is 22.2. The summed E-state index contributed by atoms with van der Waals surface area (Å²) in [5, 5.41) is 12.2. The van der Waals surface area contributed by atoms with Crippen LogP contribution in [0.15, 0.2) is 0 Å². The number of hydrogen-bond donors (Lipinski definition) is 3. The van der Waals surface area contributed by atoms with E-state index >= 15 is 0 Å². The summed E-state index contributed by atoms with van der Waals surface area (Å²) in [6.45, 7) is 17.6. The first-order chi connectivity index (χ1) is 27.9. The molecule has 12 nitrogen and oxygen atoms in total. The average molecular weight is 833 g/mol. The van der Waals surface area contributed by atoms with Crippen LogP contribution in [0, 0.1) is 29.6 Å². The van der Waals surface area contributed by atoms with Gasteiger partial charge in [-0.25, -0.2) is 0 Å². The highest BCUT2D eigenvalue weighted by Gasteiger charge is 2.31. The number of nitrogens with one attached hydrogen (secondary N) is 1. The van der Waals surface area contributed by atoms with E-state index in [1.807, 2.05) is 51.3 Å². The van der Waals surface area contributed by atoms with Crippen molar-refractivity contribution in [1.29, 1.82) is 0 Å². The molecule has 0 radical (unpaired) electrons. The number of aliphatic carboxylic acids is 1. The van der Waals surface area contributed by atoms with Crippen LogP contribution in [-0.2, 0) is 33.4 Å². The Bertz CT molecular complexity index is 1270. The number of carbonyl (C=O) groups is 5. The Morgan fingerprint density at radius 2 is 0.932 bits per heavy atom. The number of ether oxygens (including phenoxy) is 2. The summed E-state index contributed by atoms with van der Waals surface area (Å²) in [6.07, 6.45) is 21.9. The summed E-state index contributed by atoms with van der Waals surface area (Å²) >= 11 is 0. The van der Waals surface area contributed by atoms with Crippen molar-refractivity contribution >= 4 is 29.7 Å². The second-order valence-electron chi connectivity index (χ2n) is 20.4. The predicted molar refractivity (Wildman–Crippen MR) is 232 cm³/mol. The number of hydrogen-bond acceptors (Lipinski definition) is 9. The number of rotatable bonds is 9. The third kappa shape index (κ3) is 22.1. The summed E-state index contributed by atoms with van der Waals surface area (Å²) < 4.78 is 10.7. The number of likely N-dealkylation sites (tertiary alicyclic amines) is 2. The van der Waals surface area contributed by atoms with Gasteiger partial charge in [0.2, 0.25) is 11.8 Å². The van der Waals surface area contributed by atoms with Gasteiger partial charge in [0.25, 0.3) is 0 Å². The van der Waals surface area contributed by atoms with Gasteiger partial charge in [-0.15, -0.1) is 0 Å². The predicted octanol–water partition coefficient (Wildman–Crippen LogP) is 8.03. The number of carboxylic acids is 1. The lowest BCUT2D eigenvalue weighted by atomic mass is 9.78. The molecule has 6 rings (SSSR count). The summed E-state index contributed by atoms with van der Waals surface area (Å²) in [6, 6.07) is 0.343. The molecule has 59 heavy (non-hydrogen) atoms. The fraction of sp³-hybridized carbons (Fsp3) is 0.894. The molecule has 0 aromatic carbocycles. The van der Waals surface area contributed by atoms with Gasteiger partial charge in [0.1, 0.15) is 11.2 Å². The van der Waals surface area contributed by atoms with Crippen LogP contribution in [0.1, 0.15) is 183 Å². The van der Waals surface area contributed by atoms with Crippen LogP contribution in [0.4, 0.5) is 0 Å². The highest BCUT2D eigenvalue weighted by molar-refractivity contribution is 5.77. The molecule has 3 saturated carbocycles. The number of nitrogens with two attached hydrogens (primary N) is 1. The topological polar surface area (TPSA) is 169 Å². The lowest BCUT2D eigenvalue weighted by Gasteiger charge is -2.30. The fourth-order valence-corrected chi connectivity index (χ4v) is 9.54. The minimum Gasteiger partial charge on any atom is -0.481 e. The second kappa shape index (κ2) is 25.9. The van der Waals surface area contributed by atoms with E-state index in [1.165, 1.54) is 51.6 Å². The smallest absolute Gasteiger partial charge is 0.306 e. The standard InChI is InChI=1S/C18H31NO3.C13H22O4.C12H22N2O.C4H9N/c1-18(2,3)22-17(21)13-15-8-6-7-14(11-15)12-16(20)19-9-4-5-10-19;1-13(2,3)17-11(14)8-9-5-4-6-10(7-9)12(15)16;13-11-5-3-4-10(8-11)9-12(15)14-6-1-2-7-14;1-2-4-5-3-1/h14-15H,4-13H2,1-3H3;9-10H,4-8H2,1-3H3,(H,15,16);10-11H,1-9,13H2;5H,1-4H2/t14-,15+;9-,10+;10-,11+;/m101./s1. The minimum atomic E-state index is -0.737. The van der Waals surface area contributed by atoms with Crippen molar-refractivity contribution in [1.82, 2.24) is 15.1 Å². The third-order valence-electron chi connectivity index (χ3n) is 12.4. The molecule has 2 amide bonds. The number of carboxylic acid groups (broad SMARTS) is 1. The Morgan fingerprint density at radius 3 is 1.32 bits per heavy atom. The maximum Gasteiger partial charge on any atom is 0.306 e. The van der Waals surface area contributed by atoms with Gasteiger partial charge in [0.15, 0.2) is 0 Å². The highest BCUT2D eigenvalue weighted by Crippen LogP contribution is 2.35. The number of esters is 2. The van der Waals surface area contributed by atoms with Crippen LogP contribution in [0.2, 0.25) is 0 Å². The third-order valence-corrected chi connectivity index (χ3v) is 12.4. The quantitative estimate of drug-likeness (QED) is 0.194. The van der Waals surface area contributed by atoms with E-state index in [1.54, 1.807) is 0 Å². The zero-order valence-electron chi connectivity index (χ0n) is 38.0. The second-order valence-corrected chi connectivity index (χ2v) is 20.4. The van der Waals surface area contributed by atoms with Gasteiger partial charge >= 0.3 is 17.9 Å². The molecule has 6 fully saturated rings. The van der Waals surface area contributed by atoms with Gasteiger partial charge in [0, 0.05) is 57.9 Å². The molecule has 0 aromatic rings. The monoisotopic (exact) mass is 833 g/mol. The number of amides is 2. The van der Waals surface area contributed by atoms with Crippen molar-refractivity contribution in [3.63, 3.8) is 0 Å². The van der Waals surface area contributed by atoms with E-state index in [2.05, 4.69) is 5.32 Å². The van der Waals surface area contributed by atoms with Crippen LogP contribution < -0.4 is 11.1 Å². The van der Waals surface area contributed by atoms with Crippen molar-refractivity contribution in [3.8, 4) is 0 Å². The first-order valence-electron chi connectivity index (χ1n) is 23.5. The summed E-state index contributed by atoms with van der Waals surface area (Å²) in [5.41, 5.74) is 5.06. The molecular formula is C47H84N4O8. The SMILES string of the molecule is C1CCNC1.CC(C)(C)OC(=O)C[C@H]1CCC[C@@H](C(=O)O)C1.CC(C)(C)OC(=O)C[C@H]1CCC[C@@H](CC(=O)N2CCCC2)C1.N[C@H]1CCC[C@@H](CC(=O)N2CCCC2)C1. The van der Waals surface area contributed by atoms with Gasteiger partial charge in [-0.2, -0.15) is 0 Å². The summed E-state index contributed by atoms with van der Waals surface area (Å²) in [7, 11) is 0. The molecule has 0 unspecified atom stereocenters. The number of nitrogens with zero attached hydrogens (tertiary/aromatic N) is 2. The molecule has 3 heterocycles. The van der Waals surface area contributed by atoms with Crippen molar-refractivity contribution in [3.05, 3.63) is 0 Å². The van der Waals surface area contributed by atoms with E-state index in [4.69, 9.17) is 20.3 Å². The van der Waals surface area contributed by atoms with Crippen LogP contribution in [0.25, 0.3) is 0 Å². The molecule has 3 aliphatic carbocycles. The Labute approximate surface area is 357 Å². The normalized spacial score (nSPS) is 27.2. The summed E-state index contributed by atoms with van der Waals surface area (Å²) in [4.78, 5) is 62.7. The molecular weight excluding hydrogens is 749 g/mol. The molecule has 3 aliphatic heterocycles. The van der Waals surface area contributed by atoms with Crippen molar-refractivity contribution in [2.75, 3.05) is 39.3 Å². The Hall–Kier alpha value is -2.73. The largest absolute Gasteiger partial charge is 0.481 e. The fourth-order valence-electron chi connectivity index (χ4n) is 9.54. The number of carbonyl (C=O) groups excluding carboxylic acids is 4. The van der Waals surface area contributed by atoms with E-state index in [0.29, 0.717) is 61.3 Å². The highest BCUT2D eigenvalue weighted by atomic mass is 16.6. The lowest BCUT2D eigenvalue weighted by molar-refractivity contribution is -0.157. The van der Waals surface area contributed by atoms with Gasteiger partial charge in [-0.3, -0.25) is 24.0 Å². The minimum absolute atomic E-state index is 0.0935. The Morgan fingerprint density at radius 1 is 0.542 bits per heavy atom. The zero-order valence-corrected chi connectivity index (χ0v) is 38.0. The molecule has 6 atom stereocenters. The maximum absolute atomic E-state index is 12.3. The van der Waals surface area contributed by atoms with E-state index in [0.717, 1.165) is 103 Å². The molecule has 12 heteroatoms. The average Bonchev–Trinajstić information content (AvgIpc) is 3.97. The van der Waals surface area contributed by atoms with E-state index in [-0.39, 0.29) is 23.8 Å². The Balaban J connectivity index is 0.000000226. The van der Waals surface area contributed by atoms with Gasteiger partial charge < -0.3 is 35.4 Å². The molecule has 3 saturated heterocycles. The molecule has 0 aromatic heterocycles. The van der Waals surface area contributed by atoms with Crippen LogP contribution >= 0.6 is 0 Å². The molecule has 340 valence electrons. The van der Waals surface area contributed by atoms with Crippen molar-refractivity contribution < 1.29 is 38.6 Å². The maximum atomic E-state index is 12.3. The van der Waals surface area contributed by atoms with Gasteiger partial charge in [-0.1, -0.05) is 19.3 Å². The molecule has 0 bridgehead atoms. The van der Waals surface area contributed by atoms with Crippen LogP contribution in [0.5, 0.6) is 0 Å². The molecule has 0 spiro atoms. The van der Waals surface area contributed by atoms with Gasteiger partial charge in [-0.05, 0) is 175 Å². The van der Waals surface area contributed by atoms with Crippen molar-refractivity contribution in [2.24, 2.45) is 35.3 Å². The first-order valence-corrected chi connectivity index (χ1v) is 23.5.